The summed E-state index contributed by atoms with van der Waals surface area (Å²) in [6.45, 7) is 1.58. The number of hydrogen-bond acceptors (Lipinski definition) is 2. The molecule has 0 unspecified atom stereocenters. The predicted molar refractivity (Wildman–Crippen MR) is 68.5 cm³/mol. The standard InChI is InChI=1S/C14H19F3N2/c15-14(16,17)18-10-13-8-4-5-9-19(13)11-12-6-2-1-3-7-12/h1-3,6-7,13,18H,4-5,8-11H2/t13-/m0/s1. The van der Waals surface area contributed by atoms with Crippen LogP contribution in [0.3, 0.4) is 0 Å². The third-order valence-electron chi connectivity index (χ3n) is 3.52. The normalized spacial score (nSPS) is 21.5. The quantitative estimate of drug-likeness (QED) is 0.847. The van der Waals surface area contributed by atoms with Gasteiger partial charge in [0.1, 0.15) is 0 Å². The average molecular weight is 272 g/mol. The first-order valence-electron chi connectivity index (χ1n) is 6.64. The molecule has 1 N–H and O–H groups in total. The van der Waals surface area contributed by atoms with E-state index in [9.17, 15) is 13.2 Å². The molecule has 19 heavy (non-hydrogen) atoms. The molecule has 1 fully saturated rings. The summed E-state index contributed by atoms with van der Waals surface area (Å²) < 4.78 is 36.7. The Morgan fingerprint density at radius 1 is 1.16 bits per heavy atom. The summed E-state index contributed by atoms with van der Waals surface area (Å²) >= 11 is 0. The molecule has 2 nitrogen and oxygen atoms in total. The molecule has 0 bridgehead atoms. The van der Waals surface area contributed by atoms with Crippen LogP contribution >= 0.6 is 0 Å². The highest BCUT2D eigenvalue weighted by Crippen LogP contribution is 2.20. The zero-order chi connectivity index (χ0) is 13.7. The lowest BCUT2D eigenvalue weighted by Gasteiger charge is -2.36. The second-order valence-corrected chi connectivity index (χ2v) is 4.98. The van der Waals surface area contributed by atoms with Crippen LogP contribution in [0.2, 0.25) is 0 Å². The molecule has 1 aromatic carbocycles. The molecule has 5 heteroatoms. The van der Waals surface area contributed by atoms with Gasteiger partial charge in [0, 0.05) is 19.1 Å². The second kappa shape index (κ2) is 6.39. The van der Waals surface area contributed by atoms with Gasteiger partial charge in [-0.05, 0) is 24.9 Å². The summed E-state index contributed by atoms with van der Waals surface area (Å²) in [5, 5.41) is 1.67. The smallest absolute Gasteiger partial charge is 0.295 e. The van der Waals surface area contributed by atoms with E-state index < -0.39 is 6.30 Å². The summed E-state index contributed by atoms with van der Waals surface area (Å²) in [5.41, 5.74) is 1.15. The van der Waals surface area contributed by atoms with Crippen molar-refractivity contribution in [3.05, 3.63) is 35.9 Å². The highest BCUT2D eigenvalue weighted by atomic mass is 19.4. The predicted octanol–water partition coefficient (Wildman–Crippen LogP) is 3.15. The maximum Gasteiger partial charge on any atom is 0.457 e. The Kier molecular flexibility index (Phi) is 4.82. The van der Waals surface area contributed by atoms with E-state index >= 15 is 0 Å². The van der Waals surface area contributed by atoms with Gasteiger partial charge in [0.05, 0.1) is 0 Å². The Bertz CT molecular complexity index is 378. The number of alkyl halides is 3. The van der Waals surface area contributed by atoms with Crippen molar-refractivity contribution in [2.75, 3.05) is 13.1 Å². The first kappa shape index (κ1) is 14.3. The summed E-state index contributed by atoms with van der Waals surface area (Å²) in [5.74, 6) is 0. The van der Waals surface area contributed by atoms with Gasteiger partial charge in [0.15, 0.2) is 0 Å². The van der Waals surface area contributed by atoms with E-state index in [1.54, 1.807) is 5.32 Å². The number of benzene rings is 1. The number of nitrogens with one attached hydrogen (secondary N) is 1. The lowest BCUT2D eigenvalue weighted by Crippen LogP contribution is -2.48. The molecule has 0 spiro atoms. The van der Waals surface area contributed by atoms with Crippen molar-refractivity contribution in [2.45, 2.75) is 38.1 Å². The van der Waals surface area contributed by atoms with Gasteiger partial charge >= 0.3 is 6.30 Å². The zero-order valence-corrected chi connectivity index (χ0v) is 10.8. The Morgan fingerprint density at radius 3 is 2.58 bits per heavy atom. The fourth-order valence-electron chi connectivity index (χ4n) is 2.55. The van der Waals surface area contributed by atoms with E-state index in [-0.39, 0.29) is 12.6 Å². The van der Waals surface area contributed by atoms with Gasteiger partial charge in [-0.25, -0.2) is 5.32 Å². The lowest BCUT2D eigenvalue weighted by atomic mass is 10.0. The van der Waals surface area contributed by atoms with Crippen molar-refractivity contribution < 1.29 is 13.2 Å². The largest absolute Gasteiger partial charge is 0.457 e. The van der Waals surface area contributed by atoms with E-state index in [1.807, 2.05) is 30.3 Å². The van der Waals surface area contributed by atoms with Gasteiger partial charge in [0.25, 0.3) is 0 Å². The molecular weight excluding hydrogens is 253 g/mol. The van der Waals surface area contributed by atoms with Crippen LogP contribution in [0.1, 0.15) is 24.8 Å². The minimum absolute atomic E-state index is 0.0175. The molecule has 0 aromatic heterocycles. The van der Waals surface area contributed by atoms with E-state index in [0.717, 1.165) is 37.9 Å². The topological polar surface area (TPSA) is 15.3 Å². The maximum absolute atomic E-state index is 12.2. The number of halogens is 3. The highest BCUT2D eigenvalue weighted by Gasteiger charge is 2.30. The third kappa shape index (κ3) is 4.84. The van der Waals surface area contributed by atoms with Crippen LogP contribution in [0.25, 0.3) is 0 Å². The number of nitrogens with zero attached hydrogens (tertiary/aromatic N) is 1. The summed E-state index contributed by atoms with van der Waals surface area (Å²) in [4.78, 5) is 2.15. The van der Waals surface area contributed by atoms with Crippen molar-refractivity contribution in [3.63, 3.8) is 0 Å². The first-order valence-corrected chi connectivity index (χ1v) is 6.64. The minimum atomic E-state index is -4.28. The summed E-state index contributed by atoms with van der Waals surface area (Å²) in [6, 6.07) is 9.87. The van der Waals surface area contributed by atoms with Crippen molar-refractivity contribution in [2.24, 2.45) is 0 Å². The van der Waals surface area contributed by atoms with Crippen LogP contribution in [0.15, 0.2) is 30.3 Å². The summed E-state index contributed by atoms with van der Waals surface area (Å²) in [6.07, 6.45) is -1.38. The Hall–Kier alpha value is -1.07. The average Bonchev–Trinajstić information content (AvgIpc) is 2.38. The molecule has 1 atom stereocenters. The molecule has 2 rings (SSSR count). The molecule has 1 aliphatic heterocycles. The van der Waals surface area contributed by atoms with Crippen molar-refractivity contribution in [3.8, 4) is 0 Å². The molecule has 0 amide bonds. The van der Waals surface area contributed by atoms with Crippen LogP contribution < -0.4 is 5.32 Å². The Labute approximate surface area is 111 Å². The van der Waals surface area contributed by atoms with E-state index in [0.29, 0.717) is 0 Å². The molecule has 1 aromatic rings. The number of rotatable bonds is 4. The van der Waals surface area contributed by atoms with Gasteiger partial charge in [-0.3, -0.25) is 4.90 Å². The van der Waals surface area contributed by atoms with E-state index in [1.165, 1.54) is 0 Å². The third-order valence-corrected chi connectivity index (χ3v) is 3.52. The molecular formula is C14H19F3N2. The Morgan fingerprint density at radius 2 is 1.89 bits per heavy atom. The van der Waals surface area contributed by atoms with Gasteiger partial charge in [-0.1, -0.05) is 36.8 Å². The molecule has 0 radical (unpaired) electrons. The van der Waals surface area contributed by atoms with Crippen LogP contribution in [0.5, 0.6) is 0 Å². The zero-order valence-electron chi connectivity index (χ0n) is 10.8. The number of hydrogen-bond donors (Lipinski definition) is 1. The lowest BCUT2D eigenvalue weighted by molar-refractivity contribution is -0.159. The molecule has 1 saturated heterocycles. The van der Waals surface area contributed by atoms with Crippen molar-refractivity contribution in [1.82, 2.24) is 10.2 Å². The molecule has 0 aliphatic carbocycles. The van der Waals surface area contributed by atoms with Crippen LogP contribution in [-0.2, 0) is 6.54 Å². The van der Waals surface area contributed by atoms with Gasteiger partial charge < -0.3 is 0 Å². The molecule has 1 aliphatic rings. The molecule has 0 saturated carbocycles. The minimum Gasteiger partial charge on any atom is -0.295 e. The van der Waals surface area contributed by atoms with Crippen molar-refractivity contribution >= 4 is 0 Å². The van der Waals surface area contributed by atoms with Crippen LogP contribution in [0, 0.1) is 0 Å². The van der Waals surface area contributed by atoms with Gasteiger partial charge in [-0.2, -0.15) is 13.2 Å². The molecule has 1 heterocycles. The monoisotopic (exact) mass is 272 g/mol. The summed E-state index contributed by atoms with van der Waals surface area (Å²) in [7, 11) is 0. The SMILES string of the molecule is FC(F)(F)NC[C@@H]1CCCCN1Cc1ccccc1. The molecule has 106 valence electrons. The fraction of sp³-hybridized carbons (Fsp3) is 0.571. The van der Waals surface area contributed by atoms with Gasteiger partial charge in [-0.15, -0.1) is 0 Å². The number of likely N-dealkylation sites (tertiary alicyclic amines) is 1. The Balaban J connectivity index is 1.92. The van der Waals surface area contributed by atoms with E-state index in [2.05, 4.69) is 4.90 Å². The van der Waals surface area contributed by atoms with Crippen LogP contribution in [-0.4, -0.2) is 30.3 Å². The van der Waals surface area contributed by atoms with Gasteiger partial charge in [0.2, 0.25) is 0 Å². The first-order chi connectivity index (χ1) is 9.04. The van der Waals surface area contributed by atoms with Crippen LogP contribution in [0.4, 0.5) is 13.2 Å². The van der Waals surface area contributed by atoms with Crippen molar-refractivity contribution in [1.29, 1.82) is 0 Å². The highest BCUT2D eigenvalue weighted by molar-refractivity contribution is 5.14. The van der Waals surface area contributed by atoms with E-state index in [4.69, 9.17) is 0 Å². The second-order valence-electron chi connectivity index (χ2n) is 4.98. The number of piperidine rings is 1. The fourth-order valence-corrected chi connectivity index (χ4v) is 2.55. The maximum atomic E-state index is 12.2.